The molecular formula is C12H23NO2. The van der Waals surface area contributed by atoms with E-state index in [1.165, 1.54) is 0 Å². The lowest BCUT2D eigenvalue weighted by Crippen LogP contribution is -2.25. The molecule has 0 aromatic heterocycles. The topological polar surface area (TPSA) is 38.3 Å². The average Bonchev–Trinajstić information content (AvgIpc) is 2.48. The fraction of sp³-hybridized carbons (Fsp3) is 0.917. The Morgan fingerprint density at radius 2 is 1.80 bits per heavy atom. The third kappa shape index (κ3) is 2.33. The Hall–Kier alpha value is -0.570. The fourth-order valence-electron chi connectivity index (χ4n) is 2.26. The van der Waals surface area contributed by atoms with Gasteiger partial charge in [0.05, 0.1) is 13.0 Å². The molecule has 0 atom stereocenters. The number of carbonyl (C=O) groups excluding carboxylic acids is 1. The highest BCUT2D eigenvalue weighted by atomic mass is 16.5. The zero-order chi connectivity index (χ0) is 11.7. The molecule has 3 nitrogen and oxygen atoms in total. The quantitative estimate of drug-likeness (QED) is 0.709. The van der Waals surface area contributed by atoms with Crippen molar-refractivity contribution in [1.29, 1.82) is 0 Å². The number of nitrogens with one attached hydrogen (secondary N) is 1. The largest absolute Gasteiger partial charge is 0.466 e. The van der Waals surface area contributed by atoms with E-state index in [4.69, 9.17) is 4.74 Å². The van der Waals surface area contributed by atoms with Crippen LogP contribution in [0.1, 0.15) is 41.0 Å². The first-order valence-corrected chi connectivity index (χ1v) is 5.73. The fourth-order valence-corrected chi connectivity index (χ4v) is 2.26. The molecule has 0 aromatic rings. The van der Waals surface area contributed by atoms with Gasteiger partial charge in [-0.3, -0.25) is 4.79 Å². The van der Waals surface area contributed by atoms with Gasteiger partial charge in [0.2, 0.25) is 0 Å². The van der Waals surface area contributed by atoms with Crippen LogP contribution in [0.15, 0.2) is 0 Å². The van der Waals surface area contributed by atoms with Gasteiger partial charge in [-0.2, -0.15) is 0 Å². The molecule has 0 saturated heterocycles. The number of carbonyl (C=O) groups is 1. The summed E-state index contributed by atoms with van der Waals surface area (Å²) >= 11 is 0. The highest BCUT2D eigenvalue weighted by Gasteiger charge is 2.64. The molecule has 0 heterocycles. The van der Waals surface area contributed by atoms with Crippen LogP contribution in [0.4, 0.5) is 0 Å². The number of ether oxygens (including phenoxy) is 1. The Balaban J connectivity index is 2.21. The van der Waals surface area contributed by atoms with Crippen LogP contribution in [0.25, 0.3) is 0 Å². The molecule has 1 fully saturated rings. The summed E-state index contributed by atoms with van der Waals surface area (Å²) in [5.41, 5.74) is 0.670. The summed E-state index contributed by atoms with van der Waals surface area (Å²) < 4.78 is 4.87. The maximum absolute atomic E-state index is 11.1. The molecule has 3 heteroatoms. The van der Waals surface area contributed by atoms with Crippen molar-refractivity contribution >= 4 is 5.97 Å². The Bertz CT molecular complexity index is 232. The van der Waals surface area contributed by atoms with E-state index in [1.807, 2.05) is 6.92 Å². The molecule has 0 unspecified atom stereocenters. The molecule has 1 saturated carbocycles. The summed E-state index contributed by atoms with van der Waals surface area (Å²) in [5.74, 6) is -0.110. The van der Waals surface area contributed by atoms with Gasteiger partial charge in [0.25, 0.3) is 0 Å². The number of esters is 1. The Morgan fingerprint density at radius 1 is 1.27 bits per heavy atom. The molecule has 0 radical (unpaired) electrons. The van der Waals surface area contributed by atoms with Crippen LogP contribution < -0.4 is 5.32 Å². The van der Waals surface area contributed by atoms with Crippen molar-refractivity contribution in [2.45, 2.75) is 47.1 Å². The molecule has 1 N–H and O–H groups in total. The smallest absolute Gasteiger partial charge is 0.307 e. The van der Waals surface area contributed by atoms with E-state index in [1.54, 1.807) is 0 Å². The summed E-state index contributed by atoms with van der Waals surface area (Å²) in [7, 11) is 0. The van der Waals surface area contributed by atoms with E-state index in [9.17, 15) is 4.79 Å². The standard InChI is InChI=1S/C12H23NO2/c1-6-15-9(14)7-8-13-10-11(2,3)12(10,4)5/h10,13H,6-8H2,1-5H3. The van der Waals surface area contributed by atoms with Gasteiger partial charge in [-0.15, -0.1) is 0 Å². The maximum Gasteiger partial charge on any atom is 0.307 e. The van der Waals surface area contributed by atoms with Gasteiger partial charge in [0.1, 0.15) is 0 Å². The van der Waals surface area contributed by atoms with Gasteiger partial charge in [-0.05, 0) is 17.8 Å². The first kappa shape index (κ1) is 12.5. The minimum atomic E-state index is -0.110. The molecule has 1 aliphatic carbocycles. The summed E-state index contributed by atoms with van der Waals surface area (Å²) in [6, 6.07) is 0.513. The van der Waals surface area contributed by atoms with Crippen LogP contribution in [0.2, 0.25) is 0 Å². The van der Waals surface area contributed by atoms with Gasteiger partial charge in [0.15, 0.2) is 0 Å². The Morgan fingerprint density at radius 3 is 2.20 bits per heavy atom. The monoisotopic (exact) mass is 213 g/mol. The van der Waals surface area contributed by atoms with Gasteiger partial charge < -0.3 is 10.1 Å². The summed E-state index contributed by atoms with van der Waals surface area (Å²) in [6.07, 6.45) is 0.469. The summed E-state index contributed by atoms with van der Waals surface area (Å²) in [4.78, 5) is 11.1. The molecule has 0 amide bonds. The van der Waals surface area contributed by atoms with Crippen molar-refractivity contribution in [3.63, 3.8) is 0 Å². The molecular weight excluding hydrogens is 190 g/mol. The van der Waals surface area contributed by atoms with Crippen LogP contribution in [0, 0.1) is 10.8 Å². The number of hydrogen-bond acceptors (Lipinski definition) is 3. The van der Waals surface area contributed by atoms with E-state index in [2.05, 4.69) is 33.0 Å². The predicted octanol–water partition coefficient (Wildman–Crippen LogP) is 1.96. The van der Waals surface area contributed by atoms with Crippen molar-refractivity contribution < 1.29 is 9.53 Å². The molecule has 0 spiro atoms. The zero-order valence-corrected chi connectivity index (χ0v) is 10.5. The van der Waals surface area contributed by atoms with Crippen molar-refractivity contribution in [3.8, 4) is 0 Å². The van der Waals surface area contributed by atoms with Crippen LogP contribution in [0.3, 0.4) is 0 Å². The van der Waals surface area contributed by atoms with Gasteiger partial charge >= 0.3 is 5.97 Å². The predicted molar refractivity (Wildman–Crippen MR) is 60.6 cm³/mol. The average molecular weight is 213 g/mol. The molecule has 1 rings (SSSR count). The lowest BCUT2D eigenvalue weighted by atomic mass is 10.0. The van der Waals surface area contributed by atoms with Gasteiger partial charge in [-0.25, -0.2) is 0 Å². The molecule has 88 valence electrons. The van der Waals surface area contributed by atoms with Crippen LogP contribution in [0.5, 0.6) is 0 Å². The highest BCUT2D eigenvalue weighted by molar-refractivity contribution is 5.69. The molecule has 1 aliphatic rings. The van der Waals surface area contributed by atoms with Crippen molar-refractivity contribution in [3.05, 3.63) is 0 Å². The lowest BCUT2D eigenvalue weighted by molar-refractivity contribution is -0.142. The van der Waals surface area contributed by atoms with E-state index in [-0.39, 0.29) is 5.97 Å². The second-order valence-electron chi connectivity index (χ2n) is 5.39. The van der Waals surface area contributed by atoms with Gasteiger partial charge in [-0.1, -0.05) is 27.7 Å². The van der Waals surface area contributed by atoms with Crippen LogP contribution in [-0.2, 0) is 9.53 Å². The lowest BCUT2D eigenvalue weighted by Gasteiger charge is -2.05. The van der Waals surface area contributed by atoms with Crippen LogP contribution >= 0.6 is 0 Å². The van der Waals surface area contributed by atoms with E-state index in [0.29, 0.717) is 29.9 Å². The number of hydrogen-bond donors (Lipinski definition) is 1. The minimum Gasteiger partial charge on any atom is -0.466 e. The second kappa shape index (κ2) is 4.12. The first-order valence-electron chi connectivity index (χ1n) is 5.73. The Kier molecular flexibility index (Phi) is 3.44. The van der Waals surface area contributed by atoms with Gasteiger partial charge in [0, 0.05) is 12.6 Å². The van der Waals surface area contributed by atoms with E-state index >= 15 is 0 Å². The van der Waals surface area contributed by atoms with Crippen molar-refractivity contribution in [2.24, 2.45) is 10.8 Å². The second-order valence-corrected chi connectivity index (χ2v) is 5.39. The Labute approximate surface area is 92.6 Å². The third-order valence-electron chi connectivity index (χ3n) is 4.00. The first-order chi connectivity index (χ1) is 6.84. The molecule has 15 heavy (non-hydrogen) atoms. The SMILES string of the molecule is CCOC(=O)CCNC1C(C)(C)C1(C)C. The molecule has 0 aliphatic heterocycles. The third-order valence-corrected chi connectivity index (χ3v) is 4.00. The summed E-state index contributed by atoms with van der Waals surface area (Å²) in [5, 5.41) is 3.43. The normalized spacial score (nSPS) is 22.5. The minimum absolute atomic E-state index is 0.110. The summed E-state index contributed by atoms with van der Waals surface area (Å²) in [6.45, 7) is 12.1. The van der Waals surface area contributed by atoms with Crippen molar-refractivity contribution in [1.82, 2.24) is 5.32 Å². The van der Waals surface area contributed by atoms with E-state index < -0.39 is 0 Å². The van der Waals surface area contributed by atoms with Crippen LogP contribution in [-0.4, -0.2) is 25.2 Å². The van der Waals surface area contributed by atoms with E-state index in [0.717, 1.165) is 6.54 Å². The zero-order valence-electron chi connectivity index (χ0n) is 10.5. The van der Waals surface area contributed by atoms with Crippen molar-refractivity contribution in [2.75, 3.05) is 13.2 Å². The number of rotatable bonds is 5. The molecule has 0 aromatic carbocycles. The highest BCUT2D eigenvalue weighted by Crippen LogP contribution is 2.62. The molecule has 0 bridgehead atoms. The maximum atomic E-state index is 11.1.